The van der Waals surface area contributed by atoms with E-state index in [-0.39, 0.29) is 5.91 Å². The summed E-state index contributed by atoms with van der Waals surface area (Å²) in [6.45, 7) is 0. The minimum absolute atomic E-state index is 0.162. The van der Waals surface area contributed by atoms with Gasteiger partial charge in [0.2, 0.25) is 5.91 Å². The van der Waals surface area contributed by atoms with Crippen LogP contribution in [0.5, 0.6) is 5.75 Å². The molecule has 32 heavy (non-hydrogen) atoms. The molecule has 8 heteroatoms. The van der Waals surface area contributed by atoms with Crippen molar-refractivity contribution in [3.8, 4) is 17.1 Å². The molecule has 1 aromatic heterocycles. The predicted octanol–water partition coefficient (Wildman–Crippen LogP) is 5.62. The summed E-state index contributed by atoms with van der Waals surface area (Å²) in [5.74, 6) is 1.21. The lowest BCUT2D eigenvalue weighted by Gasteiger charge is -2.17. The summed E-state index contributed by atoms with van der Waals surface area (Å²) in [5, 5.41) is 12.4. The summed E-state index contributed by atoms with van der Waals surface area (Å²) < 4.78 is 7.14. The van der Waals surface area contributed by atoms with Gasteiger partial charge < -0.3 is 14.6 Å². The average molecular weight is 465 g/mol. The molecule has 3 aromatic carbocycles. The quantitative estimate of drug-likeness (QED) is 0.360. The zero-order valence-electron chi connectivity index (χ0n) is 17.5. The van der Waals surface area contributed by atoms with Crippen molar-refractivity contribution in [2.45, 2.75) is 10.4 Å². The predicted molar refractivity (Wildman–Crippen MR) is 128 cm³/mol. The number of carbonyl (C=O) groups excluding carboxylic acids is 1. The Morgan fingerprint density at radius 1 is 1.03 bits per heavy atom. The molecule has 4 aromatic rings. The SMILES string of the molecule is COc1cccc(NC(=O)[C@H](Sc2nnc(-c3ccc(Cl)cc3)n2C)c2ccccc2)c1. The first-order valence-corrected chi connectivity index (χ1v) is 11.1. The van der Waals surface area contributed by atoms with Gasteiger partial charge in [0.15, 0.2) is 11.0 Å². The lowest BCUT2D eigenvalue weighted by Crippen LogP contribution is -2.19. The molecule has 1 N–H and O–H groups in total. The van der Waals surface area contributed by atoms with Crippen molar-refractivity contribution < 1.29 is 9.53 Å². The van der Waals surface area contributed by atoms with Crippen LogP contribution in [0, 0.1) is 0 Å². The topological polar surface area (TPSA) is 69.0 Å². The highest BCUT2D eigenvalue weighted by Gasteiger charge is 2.25. The van der Waals surface area contributed by atoms with E-state index in [0.29, 0.717) is 27.4 Å². The number of nitrogens with one attached hydrogen (secondary N) is 1. The van der Waals surface area contributed by atoms with Gasteiger partial charge in [-0.15, -0.1) is 10.2 Å². The molecule has 4 rings (SSSR count). The van der Waals surface area contributed by atoms with Gasteiger partial charge in [0.25, 0.3) is 0 Å². The first-order chi connectivity index (χ1) is 15.5. The number of hydrogen-bond donors (Lipinski definition) is 1. The van der Waals surface area contributed by atoms with Crippen LogP contribution in [0.1, 0.15) is 10.8 Å². The summed E-state index contributed by atoms with van der Waals surface area (Å²) in [6, 6.07) is 24.3. The summed E-state index contributed by atoms with van der Waals surface area (Å²) >= 11 is 7.35. The zero-order valence-corrected chi connectivity index (χ0v) is 19.1. The Morgan fingerprint density at radius 2 is 1.78 bits per heavy atom. The largest absolute Gasteiger partial charge is 0.497 e. The van der Waals surface area contributed by atoms with Gasteiger partial charge in [-0.2, -0.15) is 0 Å². The summed E-state index contributed by atoms with van der Waals surface area (Å²) in [7, 11) is 3.48. The maximum absolute atomic E-state index is 13.3. The number of rotatable bonds is 7. The van der Waals surface area contributed by atoms with Crippen molar-refractivity contribution in [2.75, 3.05) is 12.4 Å². The Morgan fingerprint density at radius 3 is 2.50 bits per heavy atom. The fraction of sp³-hybridized carbons (Fsp3) is 0.125. The van der Waals surface area contributed by atoms with Crippen molar-refractivity contribution in [2.24, 2.45) is 7.05 Å². The van der Waals surface area contributed by atoms with Crippen LogP contribution in [0.2, 0.25) is 5.02 Å². The van der Waals surface area contributed by atoms with Crippen molar-refractivity contribution in [1.82, 2.24) is 14.8 Å². The van der Waals surface area contributed by atoms with Gasteiger partial charge >= 0.3 is 0 Å². The fourth-order valence-electron chi connectivity index (χ4n) is 3.18. The number of halogens is 1. The van der Waals surface area contributed by atoms with E-state index in [1.165, 1.54) is 11.8 Å². The average Bonchev–Trinajstić information content (AvgIpc) is 3.18. The molecule has 0 aliphatic carbocycles. The highest BCUT2D eigenvalue weighted by atomic mass is 35.5. The Balaban J connectivity index is 1.62. The van der Waals surface area contributed by atoms with Gasteiger partial charge in [0, 0.05) is 29.4 Å². The van der Waals surface area contributed by atoms with E-state index < -0.39 is 5.25 Å². The van der Waals surface area contributed by atoms with E-state index in [2.05, 4.69) is 15.5 Å². The Hall–Kier alpha value is -3.29. The fourth-order valence-corrected chi connectivity index (χ4v) is 4.31. The lowest BCUT2D eigenvalue weighted by atomic mass is 10.1. The molecule has 0 bridgehead atoms. The molecule has 1 heterocycles. The monoisotopic (exact) mass is 464 g/mol. The Kier molecular flexibility index (Phi) is 6.78. The van der Waals surface area contributed by atoms with E-state index >= 15 is 0 Å². The second kappa shape index (κ2) is 9.89. The third-order valence-corrected chi connectivity index (χ3v) is 6.38. The molecule has 0 saturated carbocycles. The van der Waals surface area contributed by atoms with Gasteiger partial charge in [-0.1, -0.05) is 59.8 Å². The molecule has 0 fully saturated rings. The van der Waals surface area contributed by atoms with Gasteiger partial charge in [-0.05, 0) is 42.0 Å². The maximum Gasteiger partial charge on any atom is 0.242 e. The molecule has 0 aliphatic rings. The van der Waals surface area contributed by atoms with Crippen LogP contribution >= 0.6 is 23.4 Å². The van der Waals surface area contributed by atoms with E-state index in [1.807, 2.05) is 84.4 Å². The number of anilines is 1. The highest BCUT2D eigenvalue weighted by molar-refractivity contribution is 8.00. The van der Waals surface area contributed by atoms with Crippen LogP contribution < -0.4 is 10.1 Å². The molecule has 1 atom stereocenters. The number of benzene rings is 3. The van der Waals surface area contributed by atoms with Crippen molar-refractivity contribution >= 4 is 35.0 Å². The highest BCUT2D eigenvalue weighted by Crippen LogP contribution is 2.36. The summed E-state index contributed by atoms with van der Waals surface area (Å²) in [4.78, 5) is 13.3. The number of methoxy groups -OCH3 is 1. The first kappa shape index (κ1) is 21.9. The molecular formula is C24H21ClN4O2S. The van der Waals surface area contributed by atoms with E-state index in [9.17, 15) is 4.79 Å². The van der Waals surface area contributed by atoms with Crippen LogP contribution in [-0.4, -0.2) is 27.8 Å². The van der Waals surface area contributed by atoms with Gasteiger partial charge in [-0.3, -0.25) is 4.79 Å². The standard InChI is InChI=1S/C24H21ClN4O2S/c1-29-22(17-11-13-18(25)14-12-17)27-28-24(29)32-21(16-7-4-3-5-8-16)23(30)26-19-9-6-10-20(15-19)31-2/h3-15,21H,1-2H3,(H,26,30)/t21-/m1/s1. The minimum atomic E-state index is -0.525. The molecule has 0 spiro atoms. The van der Waals surface area contributed by atoms with E-state index in [0.717, 1.165) is 11.1 Å². The number of ether oxygens (including phenoxy) is 1. The second-order valence-corrected chi connectivity index (χ2v) is 8.51. The molecule has 0 aliphatic heterocycles. The molecule has 0 saturated heterocycles. The molecule has 1 amide bonds. The zero-order chi connectivity index (χ0) is 22.5. The summed E-state index contributed by atoms with van der Waals surface area (Å²) in [5.41, 5.74) is 2.43. The van der Waals surface area contributed by atoms with E-state index in [1.54, 1.807) is 13.2 Å². The van der Waals surface area contributed by atoms with Crippen molar-refractivity contribution in [3.63, 3.8) is 0 Å². The molecule has 0 radical (unpaired) electrons. The van der Waals surface area contributed by atoms with Gasteiger partial charge in [0.05, 0.1) is 7.11 Å². The van der Waals surface area contributed by atoms with Gasteiger partial charge in [0.1, 0.15) is 11.0 Å². The Labute approximate surface area is 195 Å². The second-order valence-electron chi connectivity index (χ2n) is 7.00. The number of carbonyl (C=O) groups is 1. The smallest absolute Gasteiger partial charge is 0.242 e. The van der Waals surface area contributed by atoms with Crippen LogP contribution in [0.15, 0.2) is 84.0 Å². The molecule has 6 nitrogen and oxygen atoms in total. The number of aromatic nitrogens is 3. The van der Waals surface area contributed by atoms with Crippen molar-refractivity contribution in [3.05, 3.63) is 89.4 Å². The third kappa shape index (κ3) is 4.95. The minimum Gasteiger partial charge on any atom is -0.497 e. The van der Waals surface area contributed by atoms with Crippen molar-refractivity contribution in [1.29, 1.82) is 0 Å². The number of amides is 1. The van der Waals surface area contributed by atoms with Crippen LogP contribution in [-0.2, 0) is 11.8 Å². The van der Waals surface area contributed by atoms with Crippen LogP contribution in [0.4, 0.5) is 5.69 Å². The number of hydrogen-bond acceptors (Lipinski definition) is 5. The number of thioether (sulfide) groups is 1. The molecule has 162 valence electrons. The van der Waals surface area contributed by atoms with Crippen LogP contribution in [0.3, 0.4) is 0 Å². The van der Waals surface area contributed by atoms with E-state index in [4.69, 9.17) is 16.3 Å². The molecular weight excluding hydrogens is 444 g/mol. The Bertz CT molecular complexity index is 1210. The molecule has 0 unspecified atom stereocenters. The third-order valence-electron chi connectivity index (χ3n) is 4.84. The normalized spacial score (nSPS) is 11.7. The summed E-state index contributed by atoms with van der Waals surface area (Å²) in [6.07, 6.45) is 0. The maximum atomic E-state index is 13.3. The lowest BCUT2D eigenvalue weighted by molar-refractivity contribution is -0.115. The first-order valence-electron chi connectivity index (χ1n) is 9.87. The number of nitrogens with zero attached hydrogens (tertiary/aromatic N) is 3. The van der Waals surface area contributed by atoms with Crippen LogP contribution in [0.25, 0.3) is 11.4 Å². The van der Waals surface area contributed by atoms with Gasteiger partial charge in [-0.25, -0.2) is 0 Å².